The van der Waals surface area contributed by atoms with Crippen LogP contribution in [0.3, 0.4) is 0 Å². The van der Waals surface area contributed by atoms with E-state index in [-0.39, 0.29) is 18.3 Å². The Balaban J connectivity index is 0.00000225. The summed E-state index contributed by atoms with van der Waals surface area (Å²) in [6, 6.07) is 8.43. The lowest BCUT2D eigenvalue weighted by atomic mass is 9.81. The summed E-state index contributed by atoms with van der Waals surface area (Å²) in [4.78, 5) is 14.8. The summed E-state index contributed by atoms with van der Waals surface area (Å²) in [7, 11) is -3.49. The molecular weight excluding hydrogens is 362 g/mol. The summed E-state index contributed by atoms with van der Waals surface area (Å²) in [6.45, 7) is 1.45. The van der Waals surface area contributed by atoms with Crippen molar-refractivity contribution in [2.45, 2.75) is 42.5 Å². The topological polar surface area (TPSA) is 83.7 Å². The van der Waals surface area contributed by atoms with Crippen LogP contribution in [0.2, 0.25) is 0 Å². The molecule has 1 heterocycles. The molecule has 1 aromatic rings. The molecule has 0 aromatic heterocycles. The minimum atomic E-state index is -3.49. The first-order chi connectivity index (χ1) is 11.4. The fraction of sp³-hybridized carbons (Fsp3) is 0.588. The average Bonchev–Trinajstić information content (AvgIpc) is 2.62. The quantitative estimate of drug-likeness (QED) is 0.853. The van der Waals surface area contributed by atoms with E-state index < -0.39 is 15.6 Å². The van der Waals surface area contributed by atoms with Crippen molar-refractivity contribution in [1.82, 2.24) is 9.21 Å². The molecule has 1 aromatic carbocycles. The second-order valence-electron chi connectivity index (χ2n) is 6.73. The molecule has 140 valence electrons. The van der Waals surface area contributed by atoms with Gasteiger partial charge in [-0.05, 0) is 25.0 Å². The Kier molecular flexibility index (Phi) is 6.48. The largest absolute Gasteiger partial charge is 0.338 e. The molecule has 6 nitrogen and oxygen atoms in total. The molecule has 1 amide bonds. The third-order valence-electron chi connectivity index (χ3n) is 5.08. The van der Waals surface area contributed by atoms with Crippen LogP contribution < -0.4 is 5.73 Å². The summed E-state index contributed by atoms with van der Waals surface area (Å²) < 4.78 is 26.7. The fourth-order valence-corrected chi connectivity index (χ4v) is 5.03. The van der Waals surface area contributed by atoms with Crippen LogP contribution in [-0.2, 0) is 14.8 Å². The third-order valence-corrected chi connectivity index (χ3v) is 6.99. The maximum Gasteiger partial charge on any atom is 0.243 e. The zero-order chi connectivity index (χ0) is 17.2. The molecule has 3 rings (SSSR count). The lowest BCUT2D eigenvalue weighted by Gasteiger charge is -2.40. The van der Waals surface area contributed by atoms with Gasteiger partial charge in [-0.2, -0.15) is 4.31 Å². The second-order valence-corrected chi connectivity index (χ2v) is 8.66. The number of amides is 1. The Morgan fingerprint density at radius 1 is 0.960 bits per heavy atom. The summed E-state index contributed by atoms with van der Waals surface area (Å²) in [5.41, 5.74) is 5.57. The van der Waals surface area contributed by atoms with Gasteiger partial charge in [0.05, 0.1) is 10.4 Å². The second kappa shape index (κ2) is 8.03. The Morgan fingerprint density at radius 2 is 1.52 bits per heavy atom. The predicted octanol–water partition coefficient (Wildman–Crippen LogP) is 1.60. The van der Waals surface area contributed by atoms with Crippen LogP contribution in [0.25, 0.3) is 0 Å². The van der Waals surface area contributed by atoms with E-state index in [0.29, 0.717) is 31.1 Å². The van der Waals surface area contributed by atoms with Crippen LogP contribution >= 0.6 is 12.4 Å². The Morgan fingerprint density at radius 3 is 2.08 bits per heavy atom. The normalized spacial score (nSPS) is 21.4. The number of halogens is 1. The molecule has 1 aliphatic carbocycles. The molecule has 1 saturated heterocycles. The standard InChI is InChI=1S/C17H25N3O3S.ClH/c18-17(9-5-2-6-10-17)16(21)19-11-13-20(14-12-19)24(22,23)15-7-3-1-4-8-15;/h1,3-4,7-8H,2,5-6,9-14,18H2;1H. The number of nitrogens with two attached hydrogens (primary N) is 1. The van der Waals surface area contributed by atoms with Gasteiger partial charge in [-0.3, -0.25) is 4.79 Å². The number of benzene rings is 1. The van der Waals surface area contributed by atoms with Crippen molar-refractivity contribution in [2.75, 3.05) is 26.2 Å². The Bertz CT molecular complexity index is 682. The van der Waals surface area contributed by atoms with E-state index >= 15 is 0 Å². The van der Waals surface area contributed by atoms with Crippen molar-refractivity contribution >= 4 is 28.3 Å². The molecule has 0 unspecified atom stereocenters. The first kappa shape index (κ1) is 20.2. The van der Waals surface area contributed by atoms with E-state index in [2.05, 4.69) is 0 Å². The minimum absolute atomic E-state index is 0. The molecule has 2 N–H and O–H groups in total. The van der Waals surface area contributed by atoms with Crippen molar-refractivity contribution in [2.24, 2.45) is 5.73 Å². The molecule has 0 spiro atoms. The van der Waals surface area contributed by atoms with Crippen LogP contribution in [0, 0.1) is 0 Å². The van der Waals surface area contributed by atoms with E-state index in [0.717, 1.165) is 32.1 Å². The van der Waals surface area contributed by atoms with Gasteiger partial charge in [0.1, 0.15) is 0 Å². The Labute approximate surface area is 155 Å². The van der Waals surface area contributed by atoms with Gasteiger partial charge in [-0.25, -0.2) is 8.42 Å². The summed E-state index contributed by atoms with van der Waals surface area (Å²) >= 11 is 0. The molecule has 2 fully saturated rings. The average molecular weight is 388 g/mol. The molecule has 0 radical (unpaired) electrons. The molecular formula is C17H26ClN3O3S. The van der Waals surface area contributed by atoms with E-state index in [1.807, 2.05) is 0 Å². The van der Waals surface area contributed by atoms with Gasteiger partial charge in [0.2, 0.25) is 15.9 Å². The predicted molar refractivity (Wildman–Crippen MR) is 99.0 cm³/mol. The first-order valence-corrected chi connectivity index (χ1v) is 10.0. The number of rotatable bonds is 3. The van der Waals surface area contributed by atoms with Crippen molar-refractivity contribution in [3.05, 3.63) is 30.3 Å². The number of sulfonamides is 1. The summed E-state index contributed by atoms with van der Waals surface area (Å²) in [5.74, 6) is -0.0149. The lowest BCUT2D eigenvalue weighted by molar-refractivity contribution is -0.139. The molecule has 2 aliphatic rings. The number of hydrogen-bond donors (Lipinski definition) is 1. The van der Waals surface area contributed by atoms with Gasteiger partial charge in [0, 0.05) is 26.2 Å². The molecule has 8 heteroatoms. The van der Waals surface area contributed by atoms with E-state index in [1.54, 1.807) is 35.2 Å². The van der Waals surface area contributed by atoms with Crippen molar-refractivity contribution in [3.63, 3.8) is 0 Å². The third kappa shape index (κ3) is 4.16. The smallest absolute Gasteiger partial charge is 0.243 e. The highest BCUT2D eigenvalue weighted by molar-refractivity contribution is 7.89. The Hall–Kier alpha value is -1.15. The van der Waals surface area contributed by atoms with Crippen LogP contribution in [0.15, 0.2) is 35.2 Å². The highest BCUT2D eigenvalue weighted by Crippen LogP contribution is 2.28. The van der Waals surface area contributed by atoms with Gasteiger partial charge in [0.25, 0.3) is 0 Å². The van der Waals surface area contributed by atoms with Gasteiger partial charge in [-0.15, -0.1) is 12.4 Å². The maximum absolute atomic E-state index is 12.7. The summed E-state index contributed by atoms with van der Waals surface area (Å²) in [5, 5.41) is 0. The van der Waals surface area contributed by atoms with Crippen molar-refractivity contribution < 1.29 is 13.2 Å². The van der Waals surface area contributed by atoms with Crippen molar-refractivity contribution in [3.8, 4) is 0 Å². The molecule has 1 saturated carbocycles. The SMILES string of the molecule is Cl.NC1(C(=O)N2CCN(S(=O)(=O)c3ccccc3)CC2)CCCCC1. The van der Waals surface area contributed by atoms with Gasteiger partial charge >= 0.3 is 0 Å². The number of hydrogen-bond acceptors (Lipinski definition) is 4. The fourth-order valence-electron chi connectivity index (χ4n) is 3.58. The number of carbonyl (C=O) groups is 1. The van der Waals surface area contributed by atoms with Crippen molar-refractivity contribution in [1.29, 1.82) is 0 Å². The molecule has 0 bridgehead atoms. The lowest BCUT2D eigenvalue weighted by Crippen LogP contribution is -2.60. The zero-order valence-corrected chi connectivity index (χ0v) is 15.9. The van der Waals surface area contributed by atoms with Gasteiger partial charge < -0.3 is 10.6 Å². The monoisotopic (exact) mass is 387 g/mol. The number of carbonyl (C=O) groups excluding carboxylic acids is 1. The highest BCUT2D eigenvalue weighted by atomic mass is 35.5. The van der Waals surface area contributed by atoms with Crippen LogP contribution in [-0.4, -0.2) is 55.2 Å². The van der Waals surface area contributed by atoms with Crippen LogP contribution in [0.1, 0.15) is 32.1 Å². The van der Waals surface area contributed by atoms with E-state index in [4.69, 9.17) is 5.73 Å². The maximum atomic E-state index is 12.7. The zero-order valence-electron chi connectivity index (χ0n) is 14.3. The molecule has 1 aliphatic heterocycles. The van der Waals surface area contributed by atoms with E-state index in [9.17, 15) is 13.2 Å². The van der Waals surface area contributed by atoms with Crippen LogP contribution in [0.4, 0.5) is 0 Å². The summed E-state index contributed by atoms with van der Waals surface area (Å²) in [6.07, 6.45) is 4.58. The molecule has 0 atom stereocenters. The minimum Gasteiger partial charge on any atom is -0.338 e. The number of piperazine rings is 1. The highest BCUT2D eigenvalue weighted by Gasteiger charge is 2.40. The molecule has 25 heavy (non-hydrogen) atoms. The van der Waals surface area contributed by atoms with Crippen LogP contribution in [0.5, 0.6) is 0 Å². The van der Waals surface area contributed by atoms with Gasteiger partial charge in [0.15, 0.2) is 0 Å². The number of nitrogens with zero attached hydrogens (tertiary/aromatic N) is 2. The van der Waals surface area contributed by atoms with Gasteiger partial charge in [-0.1, -0.05) is 37.5 Å². The first-order valence-electron chi connectivity index (χ1n) is 8.57. The van der Waals surface area contributed by atoms with E-state index in [1.165, 1.54) is 4.31 Å².